The molecule has 2 atom stereocenters. The van der Waals surface area contributed by atoms with Crippen LogP contribution in [-0.4, -0.2) is 32.6 Å². The molecule has 5 nitrogen and oxygen atoms in total. The Morgan fingerprint density at radius 2 is 1.92 bits per heavy atom. The van der Waals surface area contributed by atoms with Gasteiger partial charge in [0.05, 0.1) is 20.7 Å². The second kappa shape index (κ2) is 4.57. The molecule has 0 aliphatic carbocycles. The number of methoxy groups -OCH3 is 1. The fraction of sp³-hybridized carbons (Fsp3) is 0.368. The summed E-state index contributed by atoms with van der Waals surface area (Å²) in [5, 5.41) is 10.3. The number of benzene rings is 2. The van der Waals surface area contributed by atoms with Crippen LogP contribution in [0.1, 0.15) is 22.7 Å². The van der Waals surface area contributed by atoms with Crippen molar-refractivity contribution < 1.29 is 19.3 Å². The Bertz CT molecular complexity index is 863. The van der Waals surface area contributed by atoms with Gasteiger partial charge in [0, 0.05) is 30.0 Å². The van der Waals surface area contributed by atoms with Gasteiger partial charge in [0.15, 0.2) is 23.0 Å². The van der Waals surface area contributed by atoms with Crippen molar-refractivity contribution in [2.24, 2.45) is 0 Å². The molecule has 24 heavy (non-hydrogen) atoms. The van der Waals surface area contributed by atoms with Gasteiger partial charge in [-0.15, -0.1) is 0 Å². The summed E-state index contributed by atoms with van der Waals surface area (Å²) in [6.07, 6.45) is 1.91. The lowest BCUT2D eigenvalue weighted by molar-refractivity contribution is 0.173. The average molecular weight is 326 g/mol. The van der Waals surface area contributed by atoms with Crippen LogP contribution in [0, 0.1) is 0 Å². The van der Waals surface area contributed by atoms with Crippen molar-refractivity contribution in [2.45, 2.75) is 18.9 Å². The Balaban J connectivity index is 1.65. The van der Waals surface area contributed by atoms with Crippen LogP contribution in [0.25, 0.3) is 0 Å². The molecular weight excluding hydrogens is 306 g/mol. The molecule has 0 aromatic heterocycles. The maximum atomic E-state index is 10.3. The number of phenolic OH excluding ortho intramolecular Hbond substituents is 1. The first-order valence-electron chi connectivity index (χ1n) is 8.28. The van der Waals surface area contributed by atoms with E-state index in [-0.39, 0.29) is 5.75 Å². The number of hydrogen-bond acceptors (Lipinski definition) is 4. The minimum absolute atomic E-state index is 0.217. The van der Waals surface area contributed by atoms with Gasteiger partial charge in [-0.2, -0.15) is 0 Å². The maximum absolute atomic E-state index is 10.3. The van der Waals surface area contributed by atoms with Crippen LogP contribution in [-0.2, 0) is 12.8 Å². The Labute approximate surface area is 140 Å². The minimum Gasteiger partial charge on any atom is -0.504 e. The van der Waals surface area contributed by atoms with Crippen LogP contribution in [0.3, 0.4) is 0 Å². The largest absolute Gasteiger partial charge is 0.504 e. The van der Waals surface area contributed by atoms with Crippen molar-refractivity contribution >= 4 is 5.69 Å². The standard InChI is InChI=1S/C19H19NO4/c1-20-4-3-11-6-17(22-2)16(21)8-13(11)15(20)5-12-7-18-19(9-14(12)20)24-10-23-18/h6-9,15H,3-5,10H2,1-2H3/p+1/t15-,20-/m0/s1. The van der Waals surface area contributed by atoms with Gasteiger partial charge in [0.1, 0.15) is 11.7 Å². The molecule has 0 saturated heterocycles. The number of aromatic hydroxyl groups is 1. The van der Waals surface area contributed by atoms with Crippen molar-refractivity contribution in [3.63, 3.8) is 0 Å². The summed E-state index contributed by atoms with van der Waals surface area (Å²) < 4.78 is 17.2. The monoisotopic (exact) mass is 326 g/mol. The molecule has 1 N–H and O–H groups in total. The van der Waals surface area contributed by atoms with Crippen LogP contribution in [0.15, 0.2) is 24.3 Å². The minimum atomic E-state index is 0.217. The normalized spacial score (nSPS) is 25.8. The summed E-state index contributed by atoms with van der Waals surface area (Å²) in [6, 6.07) is 8.46. The van der Waals surface area contributed by atoms with Crippen LogP contribution >= 0.6 is 0 Å². The highest BCUT2D eigenvalue weighted by molar-refractivity contribution is 5.66. The molecule has 0 bridgehead atoms. The smallest absolute Gasteiger partial charge is 0.231 e. The summed E-state index contributed by atoms with van der Waals surface area (Å²) in [6.45, 7) is 1.33. The highest BCUT2D eigenvalue weighted by Crippen LogP contribution is 2.53. The van der Waals surface area contributed by atoms with Crippen LogP contribution in [0.4, 0.5) is 5.69 Å². The summed E-state index contributed by atoms with van der Waals surface area (Å²) in [7, 11) is 3.88. The van der Waals surface area contributed by atoms with E-state index >= 15 is 0 Å². The molecule has 0 saturated carbocycles. The first kappa shape index (κ1) is 14.0. The Morgan fingerprint density at radius 3 is 2.71 bits per heavy atom. The summed E-state index contributed by atoms with van der Waals surface area (Å²) in [5.74, 6) is 2.46. The Hall–Kier alpha value is -2.40. The zero-order valence-electron chi connectivity index (χ0n) is 13.8. The topological polar surface area (TPSA) is 47.9 Å². The molecule has 3 aliphatic heterocycles. The number of quaternary nitrogens is 1. The Kier molecular flexibility index (Phi) is 2.66. The van der Waals surface area contributed by atoms with E-state index in [0.29, 0.717) is 18.6 Å². The van der Waals surface area contributed by atoms with E-state index in [9.17, 15) is 5.11 Å². The maximum Gasteiger partial charge on any atom is 0.231 e. The molecule has 0 amide bonds. The molecule has 0 spiro atoms. The molecule has 5 rings (SSSR count). The van der Waals surface area contributed by atoms with Gasteiger partial charge in [0.25, 0.3) is 0 Å². The number of phenols is 1. The van der Waals surface area contributed by atoms with Crippen LogP contribution < -0.4 is 18.7 Å². The molecule has 0 fully saturated rings. The zero-order chi connectivity index (χ0) is 16.5. The zero-order valence-corrected chi connectivity index (χ0v) is 13.8. The molecule has 2 aromatic carbocycles. The third-order valence-electron chi connectivity index (χ3n) is 5.87. The lowest BCUT2D eigenvalue weighted by Crippen LogP contribution is -2.50. The molecule has 5 heteroatoms. The van der Waals surface area contributed by atoms with Gasteiger partial charge < -0.3 is 19.3 Å². The number of likely N-dealkylation sites (N-methyl/N-ethyl adjacent to an activating group) is 1. The van der Waals surface area contributed by atoms with Gasteiger partial charge in [-0.1, -0.05) is 0 Å². The number of hydrogen-bond donors (Lipinski definition) is 1. The van der Waals surface area contributed by atoms with Gasteiger partial charge in [0.2, 0.25) is 6.79 Å². The molecule has 2 aromatic rings. The average Bonchev–Trinajstić information content (AvgIpc) is 3.14. The highest BCUT2D eigenvalue weighted by atomic mass is 16.7. The van der Waals surface area contributed by atoms with E-state index < -0.39 is 0 Å². The SMILES string of the molecule is COc1cc2c(cc1O)[C@@H]1Cc3cc4c(cc3[N@+]1(C)CC2)OCO4. The van der Waals surface area contributed by atoms with Crippen LogP contribution in [0.5, 0.6) is 23.0 Å². The number of rotatable bonds is 1. The summed E-state index contributed by atoms with van der Waals surface area (Å²) in [4.78, 5) is 0. The van der Waals surface area contributed by atoms with E-state index in [1.807, 2.05) is 12.1 Å². The second-order valence-corrected chi connectivity index (χ2v) is 7.02. The van der Waals surface area contributed by atoms with Crippen molar-refractivity contribution in [1.82, 2.24) is 4.48 Å². The summed E-state index contributed by atoms with van der Waals surface area (Å²) >= 11 is 0. The van der Waals surface area contributed by atoms with Crippen molar-refractivity contribution in [1.29, 1.82) is 0 Å². The first-order valence-corrected chi connectivity index (χ1v) is 8.28. The van der Waals surface area contributed by atoms with E-state index in [4.69, 9.17) is 14.2 Å². The molecule has 124 valence electrons. The van der Waals surface area contributed by atoms with Gasteiger partial charge in [-0.3, -0.25) is 4.48 Å². The van der Waals surface area contributed by atoms with E-state index in [1.165, 1.54) is 22.4 Å². The third-order valence-corrected chi connectivity index (χ3v) is 5.87. The number of fused-ring (bicyclic) bond motifs is 6. The molecule has 3 aliphatic rings. The van der Waals surface area contributed by atoms with E-state index in [0.717, 1.165) is 35.4 Å². The first-order chi connectivity index (χ1) is 11.6. The predicted molar refractivity (Wildman–Crippen MR) is 90.0 cm³/mol. The van der Waals surface area contributed by atoms with Crippen LogP contribution in [0.2, 0.25) is 0 Å². The summed E-state index contributed by atoms with van der Waals surface area (Å²) in [5.41, 5.74) is 5.12. The fourth-order valence-electron chi connectivity index (χ4n) is 4.55. The second-order valence-electron chi connectivity index (χ2n) is 7.02. The fourth-order valence-corrected chi connectivity index (χ4v) is 4.55. The highest BCUT2D eigenvalue weighted by Gasteiger charge is 2.48. The third kappa shape index (κ3) is 1.68. The number of ether oxygens (including phenoxy) is 3. The quantitative estimate of drug-likeness (QED) is 0.819. The molecule has 3 heterocycles. The van der Waals surface area contributed by atoms with Gasteiger partial charge >= 0.3 is 0 Å². The van der Waals surface area contributed by atoms with Crippen molar-refractivity contribution in [3.8, 4) is 23.0 Å². The van der Waals surface area contributed by atoms with Gasteiger partial charge in [-0.25, -0.2) is 0 Å². The number of nitrogens with zero attached hydrogens (tertiary/aromatic N) is 1. The predicted octanol–water partition coefficient (Wildman–Crippen LogP) is 2.92. The van der Waals surface area contributed by atoms with Crippen molar-refractivity contribution in [2.75, 3.05) is 27.5 Å². The van der Waals surface area contributed by atoms with E-state index in [1.54, 1.807) is 7.11 Å². The van der Waals surface area contributed by atoms with Crippen molar-refractivity contribution in [3.05, 3.63) is 41.0 Å². The molecule has 0 radical (unpaired) electrons. The van der Waals surface area contributed by atoms with E-state index in [2.05, 4.69) is 19.2 Å². The Morgan fingerprint density at radius 1 is 1.12 bits per heavy atom. The lowest BCUT2D eigenvalue weighted by Gasteiger charge is -2.41. The van der Waals surface area contributed by atoms with Gasteiger partial charge in [-0.05, 0) is 23.8 Å². The molecular formula is C19H20NO4+. The molecule has 0 unspecified atom stereocenters. The lowest BCUT2D eigenvalue weighted by atomic mass is 9.90.